The van der Waals surface area contributed by atoms with E-state index in [1.807, 2.05) is 24.3 Å². The lowest BCUT2D eigenvalue weighted by Gasteiger charge is -2.36. The highest BCUT2D eigenvalue weighted by Crippen LogP contribution is 2.25. The molecule has 3 heterocycles. The highest BCUT2D eigenvalue weighted by Gasteiger charge is 2.35. The number of methoxy groups -OCH3 is 1. The van der Waals surface area contributed by atoms with E-state index in [-0.39, 0.29) is 17.9 Å². The van der Waals surface area contributed by atoms with Crippen molar-refractivity contribution in [3.8, 4) is 11.3 Å². The third kappa shape index (κ3) is 4.60. The van der Waals surface area contributed by atoms with Crippen molar-refractivity contribution in [3.05, 3.63) is 47.9 Å². The number of pyridine rings is 2. The molecule has 0 saturated carbocycles. The second kappa shape index (κ2) is 8.67. The van der Waals surface area contributed by atoms with Crippen LogP contribution in [0.15, 0.2) is 36.5 Å². The van der Waals surface area contributed by atoms with Crippen molar-refractivity contribution in [2.24, 2.45) is 0 Å². The van der Waals surface area contributed by atoms with E-state index in [2.05, 4.69) is 10.3 Å². The molecule has 1 saturated heterocycles. The summed E-state index contributed by atoms with van der Waals surface area (Å²) in [6.45, 7) is 4.88. The van der Waals surface area contributed by atoms with Gasteiger partial charge in [-0.05, 0) is 38.1 Å². The number of nitrogens with zero attached hydrogens (tertiary/aromatic N) is 3. The number of ether oxygens (including phenoxy) is 2. The molecule has 1 aliphatic rings. The van der Waals surface area contributed by atoms with Gasteiger partial charge in [-0.25, -0.2) is 4.98 Å². The van der Waals surface area contributed by atoms with Crippen molar-refractivity contribution >= 4 is 11.8 Å². The molecule has 29 heavy (non-hydrogen) atoms. The normalized spacial score (nSPS) is 17.1. The van der Waals surface area contributed by atoms with Crippen LogP contribution in [0.3, 0.4) is 0 Å². The fraction of sp³-hybridized carbons (Fsp3) is 0.429. The third-order valence-corrected chi connectivity index (χ3v) is 5.00. The second-order valence-electron chi connectivity index (χ2n) is 7.28. The quantitative estimate of drug-likeness (QED) is 0.826. The first-order valence-electron chi connectivity index (χ1n) is 9.47. The summed E-state index contributed by atoms with van der Waals surface area (Å²) in [5.74, 6) is -0.309. The topological polar surface area (TPSA) is 93.7 Å². The Morgan fingerprint density at radius 1 is 1.28 bits per heavy atom. The molecule has 0 radical (unpaired) electrons. The molecule has 0 unspecified atom stereocenters. The van der Waals surface area contributed by atoms with E-state index in [4.69, 9.17) is 14.5 Å². The molecule has 3 rings (SSSR count). The second-order valence-corrected chi connectivity index (χ2v) is 7.28. The van der Waals surface area contributed by atoms with Crippen LogP contribution in [0, 0.1) is 0 Å². The van der Waals surface area contributed by atoms with Gasteiger partial charge in [-0.2, -0.15) is 0 Å². The summed E-state index contributed by atoms with van der Waals surface area (Å²) in [4.78, 5) is 35.0. The Morgan fingerprint density at radius 2 is 2.07 bits per heavy atom. The van der Waals surface area contributed by atoms with Crippen LogP contribution in [0.1, 0.15) is 36.1 Å². The van der Waals surface area contributed by atoms with E-state index in [9.17, 15) is 9.59 Å². The molecule has 8 heteroatoms. The molecule has 2 amide bonds. The lowest BCUT2D eigenvalue weighted by atomic mass is 10.1. The SMILES string of the molecule is CNC(=O)c1ccc(-c2cccc([C@H]3CN(C(=O)C(C)(C)OC)CCO3)n2)cn1. The molecule has 0 aliphatic carbocycles. The Morgan fingerprint density at radius 3 is 2.72 bits per heavy atom. The van der Waals surface area contributed by atoms with Crippen LogP contribution < -0.4 is 5.32 Å². The molecule has 1 aliphatic heterocycles. The maximum Gasteiger partial charge on any atom is 0.269 e. The Hall–Kier alpha value is -2.84. The van der Waals surface area contributed by atoms with Crippen LogP contribution in [0.5, 0.6) is 0 Å². The van der Waals surface area contributed by atoms with Gasteiger partial charge < -0.3 is 19.7 Å². The van der Waals surface area contributed by atoms with Crippen LogP contribution in [0.4, 0.5) is 0 Å². The molecule has 1 fully saturated rings. The Labute approximate surface area is 170 Å². The van der Waals surface area contributed by atoms with Crippen LogP contribution in [-0.4, -0.2) is 66.1 Å². The summed E-state index contributed by atoms with van der Waals surface area (Å²) >= 11 is 0. The number of amides is 2. The number of carbonyl (C=O) groups is 2. The van der Waals surface area contributed by atoms with Crippen molar-refractivity contribution in [3.63, 3.8) is 0 Å². The van der Waals surface area contributed by atoms with E-state index >= 15 is 0 Å². The largest absolute Gasteiger partial charge is 0.369 e. The van der Waals surface area contributed by atoms with Gasteiger partial charge in [0.05, 0.1) is 24.5 Å². The number of aromatic nitrogens is 2. The summed E-state index contributed by atoms with van der Waals surface area (Å²) in [7, 11) is 3.10. The molecule has 2 aromatic heterocycles. The standard InChI is InChI=1S/C21H26N4O4/c1-21(2,28-4)20(27)25-10-11-29-18(13-25)16-7-5-6-15(24-16)14-8-9-17(23-12-14)19(26)22-3/h5-9,12,18H,10-11,13H2,1-4H3,(H,22,26)/t18-/m1/s1. The van der Waals surface area contributed by atoms with Gasteiger partial charge in [-0.3, -0.25) is 14.6 Å². The van der Waals surface area contributed by atoms with Crippen molar-refractivity contribution in [1.82, 2.24) is 20.2 Å². The Bertz CT molecular complexity index is 883. The minimum absolute atomic E-state index is 0.0709. The zero-order valence-electron chi connectivity index (χ0n) is 17.1. The van der Waals surface area contributed by atoms with Crippen LogP contribution in [0.2, 0.25) is 0 Å². The number of nitrogens with one attached hydrogen (secondary N) is 1. The van der Waals surface area contributed by atoms with Gasteiger partial charge in [-0.1, -0.05) is 6.07 Å². The van der Waals surface area contributed by atoms with Crippen LogP contribution in [-0.2, 0) is 14.3 Å². The third-order valence-electron chi connectivity index (χ3n) is 5.00. The van der Waals surface area contributed by atoms with Crippen LogP contribution >= 0.6 is 0 Å². The van der Waals surface area contributed by atoms with E-state index in [1.165, 1.54) is 7.11 Å². The molecule has 2 aromatic rings. The number of hydrogen-bond acceptors (Lipinski definition) is 6. The molecule has 154 valence electrons. The van der Waals surface area contributed by atoms with Crippen LogP contribution in [0.25, 0.3) is 11.3 Å². The summed E-state index contributed by atoms with van der Waals surface area (Å²) in [6, 6.07) is 9.12. The zero-order valence-corrected chi connectivity index (χ0v) is 17.1. The summed E-state index contributed by atoms with van der Waals surface area (Å²) < 4.78 is 11.2. The number of morpholine rings is 1. The zero-order chi connectivity index (χ0) is 21.0. The first kappa shape index (κ1) is 20.9. The first-order valence-corrected chi connectivity index (χ1v) is 9.47. The van der Waals surface area contributed by atoms with Crippen molar-refractivity contribution < 1.29 is 19.1 Å². The lowest BCUT2D eigenvalue weighted by molar-refractivity contribution is -0.158. The lowest BCUT2D eigenvalue weighted by Crippen LogP contribution is -2.51. The van der Waals surface area contributed by atoms with Gasteiger partial charge in [0.25, 0.3) is 11.8 Å². The van der Waals surface area contributed by atoms with Gasteiger partial charge >= 0.3 is 0 Å². The highest BCUT2D eigenvalue weighted by molar-refractivity contribution is 5.92. The fourth-order valence-electron chi connectivity index (χ4n) is 3.08. The van der Waals surface area contributed by atoms with Gasteiger partial charge in [0, 0.05) is 32.5 Å². The predicted octanol–water partition coefficient (Wildman–Crippen LogP) is 1.83. The van der Waals surface area contributed by atoms with E-state index in [0.717, 1.165) is 17.0 Å². The van der Waals surface area contributed by atoms with Gasteiger partial charge in [0.1, 0.15) is 17.4 Å². The average Bonchev–Trinajstić information content (AvgIpc) is 2.78. The molecule has 0 aromatic carbocycles. The molecule has 0 spiro atoms. The van der Waals surface area contributed by atoms with E-state index < -0.39 is 5.60 Å². The number of hydrogen-bond donors (Lipinski definition) is 1. The maximum atomic E-state index is 12.7. The monoisotopic (exact) mass is 398 g/mol. The molecule has 1 N–H and O–H groups in total. The van der Waals surface area contributed by atoms with Gasteiger partial charge in [0.15, 0.2) is 0 Å². The highest BCUT2D eigenvalue weighted by atomic mass is 16.5. The molecular formula is C21H26N4O4. The average molecular weight is 398 g/mol. The fourth-order valence-corrected chi connectivity index (χ4v) is 3.08. The smallest absolute Gasteiger partial charge is 0.269 e. The number of rotatable bonds is 5. The molecule has 0 bridgehead atoms. The minimum Gasteiger partial charge on any atom is -0.369 e. The Balaban J connectivity index is 1.78. The Kier molecular flexibility index (Phi) is 6.24. The number of carbonyl (C=O) groups excluding carboxylic acids is 2. The summed E-state index contributed by atoms with van der Waals surface area (Å²) in [5, 5.41) is 2.55. The van der Waals surface area contributed by atoms with Gasteiger partial charge in [-0.15, -0.1) is 0 Å². The summed E-state index contributed by atoms with van der Waals surface area (Å²) in [5.41, 5.74) is 1.73. The minimum atomic E-state index is -0.880. The van der Waals surface area contributed by atoms with Crippen molar-refractivity contribution in [2.75, 3.05) is 33.9 Å². The first-order chi connectivity index (χ1) is 13.9. The maximum absolute atomic E-state index is 12.7. The van der Waals surface area contributed by atoms with E-state index in [0.29, 0.717) is 25.4 Å². The van der Waals surface area contributed by atoms with Crippen molar-refractivity contribution in [1.29, 1.82) is 0 Å². The predicted molar refractivity (Wildman–Crippen MR) is 107 cm³/mol. The van der Waals surface area contributed by atoms with Crippen molar-refractivity contribution in [2.45, 2.75) is 25.6 Å². The molecular weight excluding hydrogens is 372 g/mol. The summed E-state index contributed by atoms with van der Waals surface area (Å²) in [6.07, 6.45) is 1.30. The van der Waals surface area contributed by atoms with E-state index in [1.54, 1.807) is 38.1 Å². The molecule has 8 nitrogen and oxygen atoms in total. The molecule has 1 atom stereocenters. The van der Waals surface area contributed by atoms with Gasteiger partial charge in [0.2, 0.25) is 0 Å².